The van der Waals surface area contributed by atoms with Gasteiger partial charge < -0.3 is 5.32 Å². The molecule has 1 N–H and O–H groups in total. The number of nitrogens with one attached hydrogen (secondary N) is 1. The van der Waals surface area contributed by atoms with Crippen molar-refractivity contribution in [3.63, 3.8) is 0 Å². The Kier molecular flexibility index (Phi) is 5.29. The van der Waals surface area contributed by atoms with Gasteiger partial charge in [0.25, 0.3) is 0 Å². The Morgan fingerprint density at radius 3 is 2.20 bits per heavy atom. The summed E-state index contributed by atoms with van der Waals surface area (Å²) in [6.45, 7) is 8.00. The fraction of sp³-hybridized carbons (Fsp3) is 0.333. The van der Waals surface area contributed by atoms with Gasteiger partial charge in [0, 0.05) is 17.6 Å². The SMILES string of the molecule is CCC(C)(C)NCc1nn(Cc2ccccc2)nc1-c1ccccc1. The average molecular weight is 334 g/mol. The zero-order chi connectivity index (χ0) is 17.7. The molecule has 0 radical (unpaired) electrons. The second-order valence-electron chi connectivity index (χ2n) is 6.97. The van der Waals surface area contributed by atoms with E-state index in [1.807, 2.05) is 36.4 Å². The molecule has 2 aromatic carbocycles. The van der Waals surface area contributed by atoms with E-state index in [-0.39, 0.29) is 5.54 Å². The molecule has 4 heteroatoms. The summed E-state index contributed by atoms with van der Waals surface area (Å²) in [7, 11) is 0. The molecular weight excluding hydrogens is 308 g/mol. The third-order valence-electron chi connectivity index (χ3n) is 4.56. The fourth-order valence-corrected chi connectivity index (χ4v) is 2.59. The molecule has 3 aromatic rings. The molecule has 0 aliphatic rings. The summed E-state index contributed by atoms with van der Waals surface area (Å²) in [4.78, 5) is 1.80. The van der Waals surface area contributed by atoms with Crippen molar-refractivity contribution in [2.45, 2.75) is 45.8 Å². The van der Waals surface area contributed by atoms with Crippen molar-refractivity contribution in [3.8, 4) is 11.3 Å². The summed E-state index contributed by atoms with van der Waals surface area (Å²) in [5.41, 5.74) is 4.33. The fourth-order valence-electron chi connectivity index (χ4n) is 2.59. The summed E-state index contributed by atoms with van der Waals surface area (Å²) in [6.07, 6.45) is 1.06. The van der Waals surface area contributed by atoms with E-state index in [9.17, 15) is 0 Å². The first kappa shape index (κ1) is 17.4. The normalized spacial score (nSPS) is 11.6. The molecule has 25 heavy (non-hydrogen) atoms. The van der Waals surface area contributed by atoms with E-state index in [1.165, 1.54) is 5.56 Å². The Morgan fingerprint density at radius 1 is 0.920 bits per heavy atom. The first-order valence-corrected chi connectivity index (χ1v) is 8.86. The van der Waals surface area contributed by atoms with Gasteiger partial charge in [0.05, 0.1) is 6.54 Å². The molecule has 0 aliphatic carbocycles. The molecule has 0 unspecified atom stereocenters. The van der Waals surface area contributed by atoms with E-state index in [2.05, 4.69) is 50.4 Å². The Labute approximate surface area is 149 Å². The molecular formula is C21H26N4. The molecule has 4 nitrogen and oxygen atoms in total. The molecule has 0 fully saturated rings. The van der Waals surface area contributed by atoms with Gasteiger partial charge in [-0.15, -0.1) is 0 Å². The topological polar surface area (TPSA) is 42.7 Å². The standard InChI is InChI=1S/C21H26N4/c1-4-21(2,3)22-15-19-20(18-13-9-6-10-14-18)24-25(23-19)16-17-11-7-5-8-12-17/h5-14,22H,4,15-16H2,1-3H3. The highest BCUT2D eigenvalue weighted by Gasteiger charge is 2.18. The van der Waals surface area contributed by atoms with Gasteiger partial charge >= 0.3 is 0 Å². The van der Waals surface area contributed by atoms with Crippen LogP contribution >= 0.6 is 0 Å². The van der Waals surface area contributed by atoms with E-state index >= 15 is 0 Å². The summed E-state index contributed by atoms with van der Waals surface area (Å²) in [5.74, 6) is 0. The predicted octanol–water partition coefficient (Wildman–Crippen LogP) is 4.27. The predicted molar refractivity (Wildman–Crippen MR) is 102 cm³/mol. The number of benzene rings is 2. The van der Waals surface area contributed by atoms with Crippen molar-refractivity contribution in [2.24, 2.45) is 0 Å². The van der Waals surface area contributed by atoms with E-state index < -0.39 is 0 Å². The summed E-state index contributed by atoms with van der Waals surface area (Å²) < 4.78 is 0. The van der Waals surface area contributed by atoms with Gasteiger partial charge in [0.1, 0.15) is 11.4 Å². The van der Waals surface area contributed by atoms with Gasteiger partial charge in [-0.1, -0.05) is 67.6 Å². The molecule has 1 heterocycles. The van der Waals surface area contributed by atoms with Crippen molar-refractivity contribution in [2.75, 3.05) is 0 Å². The van der Waals surface area contributed by atoms with Gasteiger partial charge in [0.2, 0.25) is 0 Å². The molecule has 0 aliphatic heterocycles. The molecule has 0 amide bonds. The minimum Gasteiger partial charge on any atom is -0.306 e. The summed E-state index contributed by atoms with van der Waals surface area (Å²) in [5, 5.41) is 13.1. The van der Waals surface area contributed by atoms with Crippen LogP contribution in [0.4, 0.5) is 0 Å². The summed E-state index contributed by atoms with van der Waals surface area (Å²) >= 11 is 0. The first-order valence-electron chi connectivity index (χ1n) is 8.86. The van der Waals surface area contributed by atoms with Crippen LogP contribution in [0.25, 0.3) is 11.3 Å². The zero-order valence-corrected chi connectivity index (χ0v) is 15.2. The maximum Gasteiger partial charge on any atom is 0.117 e. The number of hydrogen-bond acceptors (Lipinski definition) is 3. The molecule has 3 rings (SSSR count). The van der Waals surface area contributed by atoms with Crippen LogP contribution in [0.1, 0.15) is 38.4 Å². The van der Waals surface area contributed by atoms with Crippen molar-refractivity contribution in [1.29, 1.82) is 0 Å². The first-order chi connectivity index (χ1) is 12.1. The van der Waals surface area contributed by atoms with Crippen LogP contribution in [0.2, 0.25) is 0 Å². The van der Waals surface area contributed by atoms with Gasteiger partial charge in [-0.2, -0.15) is 15.0 Å². The van der Waals surface area contributed by atoms with Crippen LogP contribution in [0, 0.1) is 0 Å². The molecule has 130 valence electrons. The maximum atomic E-state index is 4.77. The lowest BCUT2D eigenvalue weighted by Gasteiger charge is -2.24. The lowest BCUT2D eigenvalue weighted by Crippen LogP contribution is -2.38. The maximum absolute atomic E-state index is 4.77. The van der Waals surface area contributed by atoms with Crippen molar-refractivity contribution >= 4 is 0 Å². The van der Waals surface area contributed by atoms with Crippen LogP contribution in [0.15, 0.2) is 60.7 Å². The average Bonchev–Trinajstić information content (AvgIpc) is 3.04. The molecule has 0 saturated heterocycles. The smallest absolute Gasteiger partial charge is 0.117 e. The third-order valence-corrected chi connectivity index (χ3v) is 4.56. The largest absolute Gasteiger partial charge is 0.306 e. The molecule has 0 atom stereocenters. The highest BCUT2D eigenvalue weighted by atomic mass is 15.5. The van der Waals surface area contributed by atoms with E-state index in [0.717, 1.165) is 23.4 Å². The Hall–Kier alpha value is -2.46. The minimum absolute atomic E-state index is 0.0805. The second kappa shape index (κ2) is 7.62. The van der Waals surface area contributed by atoms with E-state index in [0.29, 0.717) is 13.1 Å². The highest BCUT2D eigenvalue weighted by Crippen LogP contribution is 2.21. The third kappa shape index (κ3) is 4.54. The van der Waals surface area contributed by atoms with Crippen molar-refractivity contribution in [1.82, 2.24) is 20.3 Å². The van der Waals surface area contributed by atoms with Crippen LogP contribution < -0.4 is 5.32 Å². The quantitative estimate of drug-likeness (QED) is 0.701. The minimum atomic E-state index is 0.0805. The number of nitrogens with zero attached hydrogens (tertiary/aromatic N) is 3. The van der Waals surface area contributed by atoms with Crippen molar-refractivity contribution < 1.29 is 0 Å². The Bertz CT molecular complexity index is 791. The molecule has 0 bridgehead atoms. The second-order valence-corrected chi connectivity index (χ2v) is 6.97. The Morgan fingerprint density at radius 2 is 1.56 bits per heavy atom. The summed E-state index contributed by atoms with van der Waals surface area (Å²) in [6, 6.07) is 20.6. The monoisotopic (exact) mass is 334 g/mol. The van der Waals surface area contributed by atoms with Crippen LogP contribution in [0.5, 0.6) is 0 Å². The van der Waals surface area contributed by atoms with Gasteiger partial charge in [-0.05, 0) is 25.8 Å². The highest BCUT2D eigenvalue weighted by molar-refractivity contribution is 5.60. The van der Waals surface area contributed by atoms with E-state index in [1.54, 1.807) is 4.80 Å². The zero-order valence-electron chi connectivity index (χ0n) is 15.2. The molecule has 0 saturated carbocycles. The van der Waals surface area contributed by atoms with Gasteiger partial charge in [-0.3, -0.25) is 0 Å². The van der Waals surface area contributed by atoms with Crippen LogP contribution in [0.3, 0.4) is 0 Å². The number of rotatable bonds is 7. The van der Waals surface area contributed by atoms with Crippen LogP contribution in [-0.4, -0.2) is 20.5 Å². The van der Waals surface area contributed by atoms with Crippen LogP contribution in [-0.2, 0) is 13.1 Å². The van der Waals surface area contributed by atoms with Crippen molar-refractivity contribution in [3.05, 3.63) is 71.9 Å². The lowest BCUT2D eigenvalue weighted by molar-refractivity contribution is 0.371. The molecule has 1 aromatic heterocycles. The lowest BCUT2D eigenvalue weighted by atomic mass is 10.0. The Balaban J connectivity index is 1.88. The van der Waals surface area contributed by atoms with Gasteiger partial charge in [0.15, 0.2) is 0 Å². The van der Waals surface area contributed by atoms with E-state index in [4.69, 9.17) is 10.2 Å². The van der Waals surface area contributed by atoms with Gasteiger partial charge in [-0.25, -0.2) is 0 Å². The molecule has 0 spiro atoms. The number of hydrogen-bond donors (Lipinski definition) is 1. The number of aromatic nitrogens is 3.